The molecular weight excluding hydrogens is 640 g/mol. The highest BCUT2D eigenvalue weighted by Gasteiger charge is 2.50. The van der Waals surface area contributed by atoms with Crippen LogP contribution < -0.4 is 0 Å². The molecule has 2 N–H and O–H groups in total. The molecule has 2 bridgehead atoms. The number of aromatic amines is 2. The molecule has 10 heteroatoms. The van der Waals surface area contributed by atoms with Crippen molar-refractivity contribution in [2.24, 2.45) is 5.92 Å². The lowest BCUT2D eigenvalue weighted by atomic mass is 9.98. The number of hydrogen-bond acceptors (Lipinski definition) is 6. The number of allylic oxidation sites excluding steroid dienone is 1. The minimum atomic E-state index is -0.539. The maximum absolute atomic E-state index is 13.0. The van der Waals surface area contributed by atoms with Gasteiger partial charge in [-0.15, -0.1) is 0 Å². The van der Waals surface area contributed by atoms with Gasteiger partial charge < -0.3 is 19.4 Å². The van der Waals surface area contributed by atoms with Gasteiger partial charge in [-0.05, 0) is 106 Å². The molecule has 8 rings (SSSR count). The molecule has 2 aliphatic heterocycles. The fraction of sp³-hybridized carbons (Fsp3) is 0.366. The number of ether oxygens (including phenoxy) is 2. The van der Waals surface area contributed by atoms with Gasteiger partial charge in [0.2, 0.25) is 0 Å². The summed E-state index contributed by atoms with van der Waals surface area (Å²) in [4.78, 5) is 46.0. The van der Waals surface area contributed by atoms with E-state index < -0.39 is 5.60 Å². The highest BCUT2D eigenvalue weighted by molar-refractivity contribution is 5.83. The minimum Gasteiger partial charge on any atom is -0.444 e. The summed E-state index contributed by atoms with van der Waals surface area (Å²) in [7, 11) is 0. The van der Waals surface area contributed by atoms with Gasteiger partial charge in [-0.3, -0.25) is 9.80 Å². The third-order valence-electron chi connectivity index (χ3n) is 10.4. The zero-order valence-electron chi connectivity index (χ0n) is 29.6. The summed E-state index contributed by atoms with van der Waals surface area (Å²) in [5.41, 5.74) is 7.68. The smallest absolute Gasteiger partial charge is 0.415 e. The Balaban J connectivity index is 0.959. The van der Waals surface area contributed by atoms with E-state index in [1.165, 1.54) is 0 Å². The Morgan fingerprint density at radius 1 is 0.843 bits per heavy atom. The average molecular weight is 685 g/mol. The predicted octanol–water partition coefficient (Wildman–Crippen LogP) is 9.55. The van der Waals surface area contributed by atoms with Crippen molar-refractivity contribution >= 4 is 23.2 Å². The molecule has 5 aromatic rings. The molecule has 10 nitrogen and oxygen atoms in total. The number of carbonyl (C=O) groups excluding carboxylic acids is 2. The first-order valence-corrected chi connectivity index (χ1v) is 17.9. The van der Waals surface area contributed by atoms with Crippen LogP contribution in [0.25, 0.3) is 44.5 Å². The zero-order chi connectivity index (χ0) is 35.4. The van der Waals surface area contributed by atoms with Crippen LogP contribution in [-0.2, 0) is 9.47 Å². The molecule has 262 valence electrons. The van der Waals surface area contributed by atoms with Crippen LogP contribution in [0.2, 0.25) is 0 Å². The Morgan fingerprint density at radius 3 is 2.20 bits per heavy atom. The van der Waals surface area contributed by atoms with Crippen molar-refractivity contribution in [3.05, 3.63) is 96.9 Å². The molecule has 2 saturated heterocycles. The third kappa shape index (κ3) is 6.39. The van der Waals surface area contributed by atoms with E-state index in [1.54, 1.807) is 11.8 Å². The molecule has 3 aliphatic rings. The number of piperidine rings is 1. The summed E-state index contributed by atoms with van der Waals surface area (Å²) in [6, 6.07) is 23.2. The largest absolute Gasteiger partial charge is 0.444 e. The van der Waals surface area contributed by atoms with Gasteiger partial charge in [0.1, 0.15) is 17.2 Å². The molecule has 2 aromatic heterocycles. The molecule has 0 radical (unpaired) electrons. The van der Waals surface area contributed by atoms with Gasteiger partial charge in [0.15, 0.2) is 0 Å². The minimum absolute atomic E-state index is 0.116. The Labute approximate surface area is 297 Å². The van der Waals surface area contributed by atoms with Crippen molar-refractivity contribution in [2.45, 2.75) is 83.5 Å². The highest BCUT2D eigenvalue weighted by atomic mass is 16.6. The van der Waals surface area contributed by atoms with Crippen molar-refractivity contribution < 1.29 is 19.1 Å². The first-order valence-electron chi connectivity index (χ1n) is 17.9. The summed E-state index contributed by atoms with van der Waals surface area (Å²) in [5, 5.41) is 0. The number of rotatable bonds is 6. The number of H-pyrrole nitrogens is 2. The second-order valence-electron chi connectivity index (χ2n) is 15.2. The summed E-state index contributed by atoms with van der Waals surface area (Å²) in [6.45, 7) is 11.8. The van der Waals surface area contributed by atoms with Crippen molar-refractivity contribution in [3.63, 3.8) is 0 Å². The standard InChI is InChI=1S/C41H44N6O4/c1-24(2)50-40(49)47-31-18-16-30(21-31)36(47)38-43-32-19-17-29(22-33(32)44-38)27-10-8-25(9-11-27)26-12-14-28(15-13-26)34-23-42-37(45-34)35-7-6-20-46(35)39(48)51-41(3,4)5/h8-15,17,19,22-23,30-31,35-36H,1,6-7,16,18,20-21H2,2-5H3,(H,42,45)(H,43,44)/t30-,31+,35-,36-/m0/s1. The molecule has 4 heterocycles. The van der Waals surface area contributed by atoms with E-state index in [9.17, 15) is 9.59 Å². The number of nitrogens with one attached hydrogen (secondary N) is 2. The summed E-state index contributed by atoms with van der Waals surface area (Å²) >= 11 is 0. The van der Waals surface area contributed by atoms with Crippen LogP contribution >= 0.6 is 0 Å². The molecule has 3 fully saturated rings. The molecule has 4 atom stereocenters. The van der Waals surface area contributed by atoms with Crippen LogP contribution in [0.15, 0.2) is 85.3 Å². The Bertz CT molecular complexity index is 2110. The topological polar surface area (TPSA) is 116 Å². The number of aromatic nitrogens is 4. The van der Waals surface area contributed by atoms with E-state index in [-0.39, 0.29) is 30.3 Å². The van der Waals surface area contributed by atoms with Crippen LogP contribution in [-0.4, -0.2) is 60.1 Å². The number of nitrogens with zero attached hydrogens (tertiary/aromatic N) is 4. The van der Waals surface area contributed by atoms with Gasteiger partial charge in [0.25, 0.3) is 0 Å². The number of benzene rings is 3. The van der Waals surface area contributed by atoms with Crippen molar-refractivity contribution in [1.29, 1.82) is 0 Å². The molecule has 0 unspecified atom stereocenters. The predicted molar refractivity (Wildman–Crippen MR) is 196 cm³/mol. The van der Waals surface area contributed by atoms with Crippen LogP contribution in [0.1, 0.15) is 83.5 Å². The van der Waals surface area contributed by atoms with E-state index in [0.29, 0.717) is 18.2 Å². The highest BCUT2D eigenvalue weighted by Crippen LogP contribution is 2.50. The number of carbonyl (C=O) groups is 2. The molecule has 0 spiro atoms. The van der Waals surface area contributed by atoms with Crippen molar-refractivity contribution in [2.75, 3.05) is 6.54 Å². The average Bonchev–Trinajstić information content (AvgIpc) is 3.94. The van der Waals surface area contributed by atoms with E-state index in [0.717, 1.165) is 88.3 Å². The lowest BCUT2D eigenvalue weighted by molar-refractivity contribution is 0.0218. The zero-order valence-corrected chi connectivity index (χ0v) is 29.6. The van der Waals surface area contributed by atoms with Gasteiger partial charge in [0, 0.05) is 12.6 Å². The fourth-order valence-electron chi connectivity index (χ4n) is 8.09. The number of amides is 2. The van der Waals surface area contributed by atoms with Gasteiger partial charge in [-0.2, -0.15) is 0 Å². The second kappa shape index (κ2) is 12.7. The van der Waals surface area contributed by atoms with Gasteiger partial charge >= 0.3 is 12.2 Å². The molecule has 1 aliphatic carbocycles. The van der Waals surface area contributed by atoms with Crippen molar-refractivity contribution in [1.82, 2.24) is 29.7 Å². The monoisotopic (exact) mass is 684 g/mol. The third-order valence-corrected chi connectivity index (χ3v) is 10.4. The number of imidazole rings is 2. The van der Waals surface area contributed by atoms with E-state index in [1.807, 2.05) is 37.9 Å². The van der Waals surface area contributed by atoms with Crippen LogP contribution in [0, 0.1) is 5.92 Å². The van der Waals surface area contributed by atoms with Gasteiger partial charge in [-0.1, -0.05) is 61.2 Å². The summed E-state index contributed by atoms with van der Waals surface area (Å²) in [5.74, 6) is 2.38. The number of fused-ring (bicyclic) bond motifs is 3. The van der Waals surface area contributed by atoms with Crippen LogP contribution in [0.3, 0.4) is 0 Å². The number of likely N-dealkylation sites (tertiary alicyclic amines) is 2. The van der Waals surface area contributed by atoms with Gasteiger partial charge in [-0.25, -0.2) is 19.6 Å². The second-order valence-corrected chi connectivity index (χ2v) is 15.2. The van der Waals surface area contributed by atoms with Crippen LogP contribution in [0.5, 0.6) is 0 Å². The summed E-state index contributed by atoms with van der Waals surface area (Å²) < 4.78 is 11.1. The van der Waals surface area contributed by atoms with E-state index in [4.69, 9.17) is 14.5 Å². The normalized spacial score (nSPS) is 21.4. The van der Waals surface area contributed by atoms with Crippen LogP contribution in [0.4, 0.5) is 9.59 Å². The Kier molecular flexibility index (Phi) is 8.20. The molecule has 51 heavy (non-hydrogen) atoms. The lowest BCUT2D eigenvalue weighted by Crippen LogP contribution is -2.40. The Morgan fingerprint density at radius 2 is 1.51 bits per heavy atom. The lowest BCUT2D eigenvalue weighted by Gasteiger charge is -2.33. The molecular formula is C41H44N6O4. The maximum Gasteiger partial charge on any atom is 0.415 e. The first kappa shape index (κ1) is 32.8. The molecule has 2 amide bonds. The van der Waals surface area contributed by atoms with Crippen molar-refractivity contribution in [3.8, 4) is 33.5 Å². The molecule has 3 aromatic carbocycles. The van der Waals surface area contributed by atoms with E-state index >= 15 is 0 Å². The maximum atomic E-state index is 13.0. The first-order chi connectivity index (χ1) is 24.5. The SMILES string of the molecule is C=C(C)OC(=O)N1[C@@H]2CC[C@@H](C2)[C@H]1c1nc2ccc(-c3ccc(-c4ccc(-c5cnc([C@@H]6CCCN6C(=O)OC(C)(C)C)[nH]5)cc4)cc3)cc2[nH]1. The van der Waals surface area contributed by atoms with E-state index in [2.05, 4.69) is 82.2 Å². The Hall–Kier alpha value is -5.38. The molecule has 1 saturated carbocycles. The van der Waals surface area contributed by atoms with Gasteiger partial charge in [0.05, 0.1) is 40.8 Å². The fourth-order valence-corrected chi connectivity index (χ4v) is 8.09. The summed E-state index contributed by atoms with van der Waals surface area (Å²) in [6.07, 6.45) is 6.05. The quantitative estimate of drug-likeness (QED) is 0.172. The number of hydrogen-bond donors (Lipinski definition) is 2.